The molecule has 0 amide bonds. The third kappa shape index (κ3) is 497. The molecule has 0 saturated heterocycles. The maximum Gasteiger partial charge on any atom is 2.00 e. The van der Waals surface area contributed by atoms with Gasteiger partial charge in [-0.2, -0.15) is 0 Å². The molecule has 10 heavy (non-hydrogen) atoms. The molecule has 0 aromatic heterocycles. The van der Waals surface area contributed by atoms with Gasteiger partial charge in [0.05, 0.1) is 0 Å². The molecule has 0 atom stereocenters. The van der Waals surface area contributed by atoms with E-state index in [-0.39, 0.29) is 39.9 Å². The minimum Gasteiger partial charge on any atom is -0.512 e. The Kier molecular flexibility index (Phi) is 4540. The van der Waals surface area contributed by atoms with Crippen LogP contribution in [0.3, 0.4) is 0 Å². The molecule has 0 bridgehead atoms. The Balaban J connectivity index is -0.00000000500. The van der Waals surface area contributed by atoms with Crippen molar-refractivity contribution in [3.05, 3.63) is 26.3 Å². The van der Waals surface area contributed by atoms with Crippen molar-refractivity contribution in [3.63, 3.8) is 0 Å². The van der Waals surface area contributed by atoms with Crippen molar-refractivity contribution >= 4 is 0 Å². The Morgan fingerprint density at radius 2 is 0.500 bits per heavy atom. The molecule has 0 aromatic rings. The molecule has 48 valence electrons. The third-order valence-electron chi connectivity index (χ3n) is 0. The Labute approximate surface area is 87.1 Å². The molecule has 0 unspecified atom stereocenters. The summed E-state index contributed by atoms with van der Waals surface area (Å²) in [5.74, 6) is 0. The van der Waals surface area contributed by atoms with E-state index in [0.29, 0.717) is 0 Å². The molecule has 0 N–H and O–H groups in total. The van der Waals surface area contributed by atoms with Crippen molar-refractivity contribution in [1.29, 1.82) is 21.0 Å². The van der Waals surface area contributed by atoms with E-state index in [1.54, 1.807) is 0 Å². The Bertz CT molecular complexity index is 60.2. The fourth-order valence-corrected chi connectivity index (χ4v) is 0. The minimum absolute atomic E-state index is 0. The molecular weight excluding hydrogens is 306 g/mol. The average molecular weight is 306 g/mol. The molecule has 0 rings (SSSR count). The average Bonchev–Trinajstić information content (AvgIpc) is 2.03. The van der Waals surface area contributed by atoms with Gasteiger partial charge in [0.1, 0.15) is 0 Å². The van der Waals surface area contributed by atoms with Crippen molar-refractivity contribution < 1.29 is 39.9 Å². The van der Waals surface area contributed by atoms with Crippen molar-refractivity contribution in [2.75, 3.05) is 0 Å². The number of hydrogen-bond acceptors (Lipinski definition) is 4. The van der Waals surface area contributed by atoms with Crippen LogP contribution in [-0.2, 0) is 21.1 Å². The first-order valence-electron chi connectivity index (χ1n) is 0.894. The first-order chi connectivity index (χ1) is 4.00. The van der Waals surface area contributed by atoms with Gasteiger partial charge in [0.25, 0.3) is 0 Å². The molecule has 0 aliphatic heterocycles. The van der Waals surface area contributed by atoms with Crippen LogP contribution in [-0.4, -0.2) is 0 Å². The van der Waals surface area contributed by atoms with Gasteiger partial charge in [-0.15, -0.1) is 0 Å². The number of nitrogens with zero attached hydrogens (tertiary/aromatic N) is 4. The van der Waals surface area contributed by atoms with Crippen LogP contribution in [0, 0.1) is 47.3 Å². The molecule has 0 aromatic carbocycles. The van der Waals surface area contributed by atoms with Crippen molar-refractivity contribution in [3.8, 4) is 0 Å². The van der Waals surface area contributed by atoms with E-state index in [2.05, 4.69) is 0 Å². The maximum atomic E-state index is 6.25. The van der Waals surface area contributed by atoms with E-state index in [1.165, 1.54) is 0 Å². The zero-order valence-electron chi connectivity index (χ0n) is 5.11. The van der Waals surface area contributed by atoms with Crippen LogP contribution in [0.25, 0.3) is 0 Å². The largest absolute Gasteiger partial charge is 2.00 e. The van der Waals surface area contributed by atoms with Gasteiger partial charge in [-0.25, -0.2) is 0 Å². The Morgan fingerprint density at radius 3 is 0.500 bits per heavy atom. The van der Waals surface area contributed by atoms with E-state index >= 15 is 0 Å². The van der Waals surface area contributed by atoms with Crippen molar-refractivity contribution in [1.82, 2.24) is 0 Å². The summed E-state index contributed by atoms with van der Waals surface area (Å²) in [5, 5.41) is 25.0. The number of hydrogen-bond donors (Lipinski definition) is 0. The molecule has 0 aliphatic rings. The van der Waals surface area contributed by atoms with Crippen molar-refractivity contribution in [2.45, 2.75) is 0 Å². The quantitative estimate of drug-likeness (QED) is 0.362. The van der Waals surface area contributed by atoms with Gasteiger partial charge in [-0.05, 0) is 0 Å². The normalized spacial score (nSPS) is 0.800. The van der Waals surface area contributed by atoms with Gasteiger partial charge in [0, 0.05) is 0 Å². The minimum atomic E-state index is 0. The summed E-state index contributed by atoms with van der Waals surface area (Å²) in [6, 6.07) is 0. The van der Waals surface area contributed by atoms with Gasteiger partial charge in [-0.1, -0.05) is 0 Å². The van der Waals surface area contributed by atoms with E-state index in [9.17, 15) is 0 Å². The second-order valence-electron chi connectivity index (χ2n) is 0. The summed E-state index contributed by atoms with van der Waals surface area (Å²) in [6.07, 6.45) is 0. The maximum absolute atomic E-state index is 6.25. The second kappa shape index (κ2) is 761. The summed E-state index contributed by atoms with van der Waals surface area (Å²) in [4.78, 5) is 0. The van der Waals surface area contributed by atoms with Gasteiger partial charge in [0.15, 0.2) is 0 Å². The van der Waals surface area contributed by atoms with Crippen LogP contribution in [0.1, 0.15) is 0 Å². The Morgan fingerprint density at radius 1 is 0.500 bits per heavy atom. The zero-order chi connectivity index (χ0) is 8.00. The molecule has 0 spiro atoms. The van der Waals surface area contributed by atoms with Gasteiger partial charge >= 0.3 is 39.9 Å². The molecule has 0 radical (unpaired) electrons. The summed E-state index contributed by atoms with van der Waals surface area (Å²) >= 11 is 0. The molecule has 4 nitrogen and oxygen atoms in total. The third-order valence-corrected chi connectivity index (χ3v) is 0. The second-order valence-corrected chi connectivity index (χ2v) is 0. The molecule has 0 aliphatic carbocycles. The fraction of sp³-hybridized carbons (Fsp3) is 0. The van der Waals surface area contributed by atoms with E-state index < -0.39 is 0 Å². The van der Waals surface area contributed by atoms with E-state index in [0.717, 1.165) is 0 Å². The molecule has 0 heterocycles. The molecule has 0 saturated carbocycles. The predicted octanol–water partition coefficient (Wildman–Crippen LogP) is -2.61. The molecule has 6 heteroatoms. The predicted molar refractivity (Wildman–Crippen MR) is 19.9 cm³/mol. The van der Waals surface area contributed by atoms with E-state index in [1.807, 2.05) is 0 Å². The number of rotatable bonds is 0. The van der Waals surface area contributed by atoms with Crippen LogP contribution in [0.4, 0.5) is 0 Å². The summed E-state index contributed by atoms with van der Waals surface area (Å²) in [6.45, 7) is 19.0. The van der Waals surface area contributed by atoms with Crippen LogP contribution in [0.15, 0.2) is 0 Å². The first kappa shape index (κ1) is 59.7. The van der Waals surface area contributed by atoms with Crippen LogP contribution >= 0.6 is 0 Å². The first-order valence-corrected chi connectivity index (χ1v) is 0.894. The SMILES string of the molecule is [C-]#N.[C-]#N.[C-]#N.[C-]#N.[Li+].[Pt+2]. The Hall–Kier alpha value is -0.754. The van der Waals surface area contributed by atoms with Crippen LogP contribution in [0.5, 0.6) is 0 Å². The van der Waals surface area contributed by atoms with Crippen LogP contribution in [0.2, 0.25) is 0 Å². The van der Waals surface area contributed by atoms with E-state index in [4.69, 9.17) is 47.3 Å². The zero-order valence-corrected chi connectivity index (χ0v) is 7.38. The monoisotopic (exact) mass is 306 g/mol. The van der Waals surface area contributed by atoms with Crippen molar-refractivity contribution in [2.24, 2.45) is 0 Å². The smallest absolute Gasteiger partial charge is 0.512 e. The summed E-state index contributed by atoms with van der Waals surface area (Å²) < 4.78 is 0. The standard InChI is InChI=1S/4CN.Li.Pt/c4*1-2;;/q4*-1;+1;+2. The van der Waals surface area contributed by atoms with Gasteiger partial charge in [0.2, 0.25) is 0 Å². The summed E-state index contributed by atoms with van der Waals surface area (Å²) in [5.41, 5.74) is 0. The molecule has 0 fully saturated rings. The summed E-state index contributed by atoms with van der Waals surface area (Å²) in [7, 11) is 0. The fourth-order valence-electron chi connectivity index (χ4n) is 0. The molecular formula is C4LiN4Pt-. The van der Waals surface area contributed by atoms with Gasteiger partial charge in [-0.3, -0.25) is 0 Å². The van der Waals surface area contributed by atoms with Crippen LogP contribution < -0.4 is 18.9 Å². The topological polar surface area (TPSA) is 95.2 Å². The van der Waals surface area contributed by atoms with Gasteiger partial charge < -0.3 is 47.3 Å².